The largest absolute Gasteiger partial charge is 0.507 e. The fourth-order valence-electron chi connectivity index (χ4n) is 2.06. The summed E-state index contributed by atoms with van der Waals surface area (Å²) in [4.78, 5) is 4.30. The Hall–Kier alpha value is -2.01. The number of rotatable bonds is 3. The maximum absolute atomic E-state index is 9.45. The molecule has 4 N–H and O–H groups in total. The number of nitrogens with one attached hydrogen (secondary N) is 1. The average Bonchev–Trinajstić information content (AvgIpc) is 2.39. The molecule has 0 radical (unpaired) electrons. The van der Waals surface area contributed by atoms with Gasteiger partial charge in [0, 0.05) is 5.69 Å². The zero-order valence-electron chi connectivity index (χ0n) is 12.0. The molecule has 2 aromatic carbocycles. The lowest BCUT2D eigenvalue weighted by Gasteiger charge is -2.08. The molecular formula is C16H18BrN3O. The van der Waals surface area contributed by atoms with E-state index in [4.69, 9.17) is 5.73 Å². The van der Waals surface area contributed by atoms with E-state index in [1.54, 1.807) is 6.07 Å². The van der Waals surface area contributed by atoms with Crippen LogP contribution in [0, 0.1) is 13.8 Å². The highest BCUT2D eigenvalue weighted by Crippen LogP contribution is 2.24. The third kappa shape index (κ3) is 4.49. The van der Waals surface area contributed by atoms with Crippen LogP contribution in [0.5, 0.6) is 5.75 Å². The molecule has 2 aromatic rings. The Morgan fingerprint density at radius 1 is 1.19 bits per heavy atom. The first-order valence-electron chi connectivity index (χ1n) is 6.56. The van der Waals surface area contributed by atoms with Crippen LogP contribution in [0.4, 0.5) is 5.69 Å². The molecule has 0 amide bonds. The first kappa shape index (κ1) is 15.4. The third-order valence-corrected chi connectivity index (χ3v) is 3.57. The van der Waals surface area contributed by atoms with Gasteiger partial charge < -0.3 is 16.2 Å². The first-order valence-corrected chi connectivity index (χ1v) is 7.36. The number of aromatic hydroxyl groups is 1. The van der Waals surface area contributed by atoms with E-state index in [2.05, 4.69) is 32.3 Å². The fraction of sp³-hybridized carbons (Fsp3) is 0.188. The Bertz CT molecular complexity index is 663. The van der Waals surface area contributed by atoms with Crippen molar-refractivity contribution in [3.05, 3.63) is 57.6 Å². The maximum Gasteiger partial charge on any atom is 0.193 e. The van der Waals surface area contributed by atoms with Crippen molar-refractivity contribution in [2.75, 3.05) is 5.32 Å². The van der Waals surface area contributed by atoms with Crippen LogP contribution in [0.3, 0.4) is 0 Å². The van der Waals surface area contributed by atoms with Crippen LogP contribution in [0.25, 0.3) is 0 Å². The number of benzene rings is 2. The zero-order chi connectivity index (χ0) is 15.4. The Kier molecular flexibility index (Phi) is 4.85. The quantitative estimate of drug-likeness (QED) is 0.585. The Morgan fingerprint density at radius 2 is 1.86 bits per heavy atom. The standard InChI is InChI=1S/C16H18BrN3O/c1-10-5-11(2)7-13(6-10)20-16(18)19-9-12-3-4-15(21)14(17)8-12/h3-8,21H,9H2,1-2H3,(H3,18,19,20). The molecule has 21 heavy (non-hydrogen) atoms. The van der Waals surface area contributed by atoms with Gasteiger partial charge in [-0.3, -0.25) is 0 Å². The molecule has 0 saturated heterocycles. The van der Waals surface area contributed by atoms with Crippen LogP contribution >= 0.6 is 15.9 Å². The molecule has 5 heteroatoms. The summed E-state index contributed by atoms with van der Waals surface area (Å²) < 4.78 is 0.649. The highest BCUT2D eigenvalue weighted by atomic mass is 79.9. The summed E-state index contributed by atoms with van der Waals surface area (Å²) in [6.07, 6.45) is 0. The zero-order valence-corrected chi connectivity index (χ0v) is 13.6. The van der Waals surface area contributed by atoms with E-state index in [0.29, 0.717) is 17.0 Å². The molecule has 0 fully saturated rings. The van der Waals surface area contributed by atoms with Crippen molar-refractivity contribution in [1.82, 2.24) is 0 Å². The lowest BCUT2D eigenvalue weighted by Crippen LogP contribution is -2.22. The van der Waals surface area contributed by atoms with Gasteiger partial charge in [0.15, 0.2) is 5.96 Å². The Balaban J connectivity index is 2.05. The van der Waals surface area contributed by atoms with Gasteiger partial charge in [0.05, 0.1) is 11.0 Å². The molecule has 0 aromatic heterocycles. The van der Waals surface area contributed by atoms with Crippen LogP contribution in [-0.4, -0.2) is 11.1 Å². The maximum atomic E-state index is 9.45. The molecule has 0 unspecified atom stereocenters. The first-order chi connectivity index (χ1) is 9.94. The third-order valence-electron chi connectivity index (χ3n) is 2.94. The van der Waals surface area contributed by atoms with Crippen molar-refractivity contribution in [2.45, 2.75) is 20.4 Å². The summed E-state index contributed by atoms with van der Waals surface area (Å²) in [7, 11) is 0. The average molecular weight is 348 g/mol. The molecular weight excluding hydrogens is 330 g/mol. The summed E-state index contributed by atoms with van der Waals surface area (Å²) in [5.74, 6) is 0.577. The van der Waals surface area contributed by atoms with Crippen LogP contribution in [0.15, 0.2) is 45.9 Å². The summed E-state index contributed by atoms with van der Waals surface area (Å²) >= 11 is 3.28. The molecule has 4 nitrogen and oxygen atoms in total. The number of anilines is 1. The molecule has 0 bridgehead atoms. The van der Waals surface area contributed by atoms with E-state index < -0.39 is 0 Å². The normalized spacial score (nSPS) is 11.5. The van der Waals surface area contributed by atoms with Crippen LogP contribution in [0.2, 0.25) is 0 Å². The molecule has 0 aliphatic rings. The van der Waals surface area contributed by atoms with E-state index in [9.17, 15) is 5.11 Å². The topological polar surface area (TPSA) is 70.6 Å². The van der Waals surface area contributed by atoms with Gasteiger partial charge in [0.25, 0.3) is 0 Å². The van der Waals surface area contributed by atoms with Crippen LogP contribution in [0.1, 0.15) is 16.7 Å². The predicted octanol–water partition coefficient (Wildman–Crippen LogP) is 3.70. The van der Waals surface area contributed by atoms with Gasteiger partial charge in [0.2, 0.25) is 0 Å². The number of aliphatic imine (C=N–C) groups is 1. The minimum Gasteiger partial charge on any atom is -0.507 e. The number of aryl methyl sites for hydroxylation is 2. The lowest BCUT2D eigenvalue weighted by molar-refractivity contribution is 0.471. The molecule has 0 spiro atoms. The Morgan fingerprint density at radius 3 is 2.48 bits per heavy atom. The fourth-order valence-corrected chi connectivity index (χ4v) is 2.49. The Labute approximate surface area is 132 Å². The predicted molar refractivity (Wildman–Crippen MR) is 90.7 cm³/mol. The number of halogens is 1. The van der Waals surface area contributed by atoms with Gasteiger partial charge in [-0.05, 0) is 70.7 Å². The van der Waals surface area contributed by atoms with Gasteiger partial charge in [-0.2, -0.15) is 0 Å². The van der Waals surface area contributed by atoms with E-state index in [1.807, 2.05) is 38.1 Å². The number of hydrogen-bond acceptors (Lipinski definition) is 2. The number of nitrogens with two attached hydrogens (primary N) is 1. The van der Waals surface area contributed by atoms with Crippen LogP contribution in [-0.2, 0) is 6.54 Å². The van der Waals surface area contributed by atoms with Crippen molar-refractivity contribution in [3.8, 4) is 5.75 Å². The molecule has 2 rings (SSSR count). The smallest absolute Gasteiger partial charge is 0.193 e. The van der Waals surface area contributed by atoms with Crippen molar-refractivity contribution < 1.29 is 5.11 Å². The molecule has 0 aliphatic carbocycles. The molecule has 0 atom stereocenters. The molecule has 0 saturated carbocycles. The van der Waals surface area contributed by atoms with E-state index >= 15 is 0 Å². The van der Waals surface area contributed by atoms with E-state index in [1.165, 1.54) is 11.1 Å². The minimum atomic E-state index is 0.212. The summed E-state index contributed by atoms with van der Waals surface area (Å²) in [5, 5.41) is 12.5. The van der Waals surface area contributed by atoms with Gasteiger partial charge in [-0.25, -0.2) is 4.99 Å². The second-order valence-electron chi connectivity index (χ2n) is 4.99. The SMILES string of the molecule is Cc1cc(C)cc(NC(N)=NCc2ccc(O)c(Br)c2)c1. The monoisotopic (exact) mass is 347 g/mol. The minimum absolute atomic E-state index is 0.212. The van der Waals surface area contributed by atoms with Gasteiger partial charge in [-0.15, -0.1) is 0 Å². The van der Waals surface area contributed by atoms with Crippen molar-refractivity contribution >= 4 is 27.6 Å². The number of hydrogen-bond donors (Lipinski definition) is 3. The van der Waals surface area contributed by atoms with Crippen molar-refractivity contribution in [3.63, 3.8) is 0 Å². The highest BCUT2D eigenvalue weighted by Gasteiger charge is 2.01. The second-order valence-corrected chi connectivity index (χ2v) is 5.84. The van der Waals surface area contributed by atoms with Gasteiger partial charge in [0.1, 0.15) is 5.75 Å². The molecule has 0 heterocycles. The number of phenolic OH excluding ortho intramolecular Hbond substituents is 1. The van der Waals surface area contributed by atoms with Crippen molar-refractivity contribution in [2.24, 2.45) is 10.7 Å². The van der Waals surface area contributed by atoms with Gasteiger partial charge in [-0.1, -0.05) is 12.1 Å². The number of nitrogens with zero attached hydrogens (tertiary/aromatic N) is 1. The number of guanidine groups is 1. The van der Waals surface area contributed by atoms with Gasteiger partial charge >= 0.3 is 0 Å². The van der Waals surface area contributed by atoms with Crippen molar-refractivity contribution in [1.29, 1.82) is 0 Å². The molecule has 0 aliphatic heterocycles. The summed E-state index contributed by atoms with van der Waals surface area (Å²) in [6, 6.07) is 11.4. The number of phenols is 1. The lowest BCUT2D eigenvalue weighted by atomic mass is 10.1. The summed E-state index contributed by atoms with van der Waals surface area (Å²) in [5.41, 5.74) is 10.1. The highest BCUT2D eigenvalue weighted by molar-refractivity contribution is 9.10. The van der Waals surface area contributed by atoms with E-state index in [-0.39, 0.29) is 5.75 Å². The second kappa shape index (κ2) is 6.63. The van der Waals surface area contributed by atoms with E-state index in [0.717, 1.165) is 11.3 Å². The van der Waals surface area contributed by atoms with Crippen LogP contribution < -0.4 is 11.1 Å². The molecule has 110 valence electrons. The summed E-state index contributed by atoms with van der Waals surface area (Å²) in [6.45, 7) is 4.53.